The van der Waals surface area contributed by atoms with Crippen molar-refractivity contribution in [3.05, 3.63) is 52.2 Å². The number of cyclic esters (lactones) is 1. The van der Waals surface area contributed by atoms with Gasteiger partial charge in [-0.25, -0.2) is 14.2 Å². The molecule has 0 spiro atoms. The maximum Gasteiger partial charge on any atom is 0.414 e. The SMILES string of the molecule is CC(=O)NCC1CN(c2ccc(NCCc3cnc([N+](=O)[O-])cn3)c(F)c2)C(=O)O1. The summed E-state index contributed by atoms with van der Waals surface area (Å²) in [5.74, 6) is -1.13. The van der Waals surface area contributed by atoms with Crippen molar-refractivity contribution in [2.45, 2.75) is 19.4 Å². The summed E-state index contributed by atoms with van der Waals surface area (Å²) < 4.78 is 19.6. The van der Waals surface area contributed by atoms with E-state index in [4.69, 9.17) is 4.74 Å². The number of rotatable bonds is 8. The molecular formula is C18H19FN6O5. The molecule has 158 valence electrons. The zero-order valence-electron chi connectivity index (χ0n) is 16.0. The van der Waals surface area contributed by atoms with Gasteiger partial charge >= 0.3 is 11.9 Å². The van der Waals surface area contributed by atoms with Crippen LogP contribution in [0.25, 0.3) is 0 Å². The number of ether oxygens (including phenoxy) is 1. The number of nitro groups is 1. The van der Waals surface area contributed by atoms with Crippen molar-refractivity contribution in [1.82, 2.24) is 15.3 Å². The largest absolute Gasteiger partial charge is 0.442 e. The molecule has 1 aliphatic rings. The number of carbonyl (C=O) groups excluding carboxylic acids is 2. The standard InChI is InChI=1S/C18H19FN6O5/c1-11(26)21-8-14-10-24(18(27)30-14)13-2-3-16(15(19)6-13)20-5-4-12-7-23-17(9-22-12)25(28)29/h2-3,6-7,9,14,20H,4-5,8,10H2,1H3,(H,21,26). The van der Waals surface area contributed by atoms with Crippen LogP contribution in [0.15, 0.2) is 30.6 Å². The summed E-state index contributed by atoms with van der Waals surface area (Å²) in [5.41, 5.74) is 1.10. The van der Waals surface area contributed by atoms with E-state index in [-0.39, 0.29) is 30.5 Å². The Bertz CT molecular complexity index is 955. The first-order valence-corrected chi connectivity index (χ1v) is 9.05. The third-order valence-corrected chi connectivity index (χ3v) is 4.29. The van der Waals surface area contributed by atoms with Crippen LogP contribution >= 0.6 is 0 Å². The number of carbonyl (C=O) groups is 2. The highest BCUT2D eigenvalue weighted by Crippen LogP contribution is 2.26. The van der Waals surface area contributed by atoms with E-state index in [1.54, 1.807) is 6.07 Å². The predicted octanol–water partition coefficient (Wildman–Crippen LogP) is 1.64. The van der Waals surface area contributed by atoms with Gasteiger partial charge < -0.3 is 25.5 Å². The van der Waals surface area contributed by atoms with Gasteiger partial charge in [0.2, 0.25) is 5.91 Å². The summed E-state index contributed by atoms with van der Waals surface area (Å²) in [6.45, 7) is 2.08. The number of amides is 2. The van der Waals surface area contributed by atoms with Crippen molar-refractivity contribution < 1.29 is 23.6 Å². The molecule has 1 atom stereocenters. The van der Waals surface area contributed by atoms with Gasteiger partial charge in [-0.05, 0) is 28.1 Å². The van der Waals surface area contributed by atoms with Crippen LogP contribution in [-0.4, -0.2) is 52.6 Å². The summed E-state index contributed by atoms with van der Waals surface area (Å²) in [6.07, 6.45) is 1.64. The first-order valence-electron chi connectivity index (χ1n) is 9.05. The zero-order valence-corrected chi connectivity index (χ0v) is 16.0. The Balaban J connectivity index is 1.55. The Labute approximate surface area is 170 Å². The Morgan fingerprint density at radius 1 is 1.40 bits per heavy atom. The molecule has 2 amide bonds. The number of nitrogens with one attached hydrogen (secondary N) is 2. The minimum Gasteiger partial charge on any atom is -0.442 e. The number of halogens is 1. The molecule has 1 aliphatic heterocycles. The first-order chi connectivity index (χ1) is 14.3. The molecule has 1 fully saturated rings. The van der Waals surface area contributed by atoms with Gasteiger partial charge in [0.25, 0.3) is 0 Å². The van der Waals surface area contributed by atoms with Gasteiger partial charge in [-0.2, -0.15) is 0 Å². The maximum atomic E-state index is 14.4. The van der Waals surface area contributed by atoms with Crippen molar-refractivity contribution in [2.75, 3.05) is 29.9 Å². The molecule has 2 aromatic rings. The second-order valence-electron chi connectivity index (χ2n) is 6.52. The lowest BCUT2D eigenvalue weighted by Crippen LogP contribution is -2.33. The van der Waals surface area contributed by atoms with Gasteiger partial charge in [-0.1, -0.05) is 0 Å². The highest BCUT2D eigenvalue weighted by molar-refractivity contribution is 5.90. The molecule has 11 nitrogen and oxygen atoms in total. The van der Waals surface area contributed by atoms with Crippen LogP contribution in [0.4, 0.5) is 26.4 Å². The van der Waals surface area contributed by atoms with E-state index in [0.717, 1.165) is 6.20 Å². The highest BCUT2D eigenvalue weighted by atomic mass is 19.1. The smallest absolute Gasteiger partial charge is 0.414 e. The number of hydrogen-bond acceptors (Lipinski definition) is 8. The van der Waals surface area contributed by atoms with Crippen molar-refractivity contribution in [1.29, 1.82) is 0 Å². The average molecular weight is 418 g/mol. The number of nitrogens with zero attached hydrogens (tertiary/aromatic N) is 4. The van der Waals surface area contributed by atoms with Crippen molar-refractivity contribution in [3.8, 4) is 0 Å². The van der Waals surface area contributed by atoms with E-state index in [1.165, 1.54) is 30.2 Å². The lowest BCUT2D eigenvalue weighted by atomic mass is 10.2. The Kier molecular flexibility index (Phi) is 6.35. The zero-order chi connectivity index (χ0) is 21.7. The minimum absolute atomic E-state index is 0.186. The third-order valence-electron chi connectivity index (χ3n) is 4.29. The lowest BCUT2D eigenvalue weighted by Gasteiger charge is -2.15. The first kappa shape index (κ1) is 20.9. The second-order valence-corrected chi connectivity index (χ2v) is 6.52. The maximum absolute atomic E-state index is 14.4. The Morgan fingerprint density at radius 2 is 2.20 bits per heavy atom. The van der Waals surface area contributed by atoms with E-state index in [1.807, 2.05) is 0 Å². The van der Waals surface area contributed by atoms with Crippen LogP contribution in [-0.2, 0) is 16.0 Å². The van der Waals surface area contributed by atoms with Crippen LogP contribution in [0, 0.1) is 15.9 Å². The van der Waals surface area contributed by atoms with Crippen LogP contribution in [0.2, 0.25) is 0 Å². The Hall–Kier alpha value is -3.83. The summed E-state index contributed by atoms with van der Waals surface area (Å²) >= 11 is 0. The van der Waals surface area contributed by atoms with Gasteiger partial charge in [0.05, 0.1) is 30.2 Å². The highest BCUT2D eigenvalue weighted by Gasteiger charge is 2.32. The van der Waals surface area contributed by atoms with Gasteiger partial charge in [0.1, 0.15) is 18.1 Å². The molecule has 0 aliphatic carbocycles. The van der Waals surface area contributed by atoms with Crippen molar-refractivity contribution in [2.24, 2.45) is 0 Å². The molecule has 3 rings (SSSR count). The Morgan fingerprint density at radius 3 is 2.83 bits per heavy atom. The monoisotopic (exact) mass is 418 g/mol. The van der Waals surface area contributed by atoms with Crippen LogP contribution in [0.1, 0.15) is 12.6 Å². The van der Waals surface area contributed by atoms with Crippen molar-refractivity contribution in [3.63, 3.8) is 0 Å². The van der Waals surface area contributed by atoms with E-state index in [0.29, 0.717) is 24.3 Å². The molecule has 12 heteroatoms. The fourth-order valence-electron chi connectivity index (χ4n) is 2.81. The summed E-state index contributed by atoms with van der Waals surface area (Å²) in [5, 5.41) is 16.1. The topological polar surface area (TPSA) is 140 Å². The average Bonchev–Trinajstić information content (AvgIpc) is 3.08. The molecule has 0 radical (unpaired) electrons. The summed E-state index contributed by atoms with van der Waals surface area (Å²) in [4.78, 5) is 41.8. The molecule has 1 aromatic heterocycles. The van der Waals surface area contributed by atoms with Crippen LogP contribution in [0.5, 0.6) is 0 Å². The fourth-order valence-corrected chi connectivity index (χ4v) is 2.81. The third kappa shape index (κ3) is 5.16. The number of aromatic nitrogens is 2. The van der Waals surface area contributed by atoms with E-state index in [2.05, 4.69) is 20.6 Å². The van der Waals surface area contributed by atoms with Crippen molar-refractivity contribution >= 4 is 29.2 Å². The predicted molar refractivity (Wildman–Crippen MR) is 104 cm³/mol. The van der Waals surface area contributed by atoms with E-state index < -0.39 is 22.9 Å². The van der Waals surface area contributed by atoms with Gasteiger partial charge in [0.15, 0.2) is 6.20 Å². The molecule has 0 saturated carbocycles. The number of anilines is 2. The van der Waals surface area contributed by atoms with Crippen LogP contribution < -0.4 is 15.5 Å². The van der Waals surface area contributed by atoms with Crippen LogP contribution in [0.3, 0.4) is 0 Å². The van der Waals surface area contributed by atoms with Gasteiger partial charge in [-0.3, -0.25) is 9.69 Å². The lowest BCUT2D eigenvalue weighted by molar-refractivity contribution is -0.389. The summed E-state index contributed by atoms with van der Waals surface area (Å²) in [7, 11) is 0. The molecule has 1 aromatic carbocycles. The molecule has 2 heterocycles. The van der Waals surface area contributed by atoms with E-state index >= 15 is 0 Å². The second kappa shape index (κ2) is 9.11. The normalized spacial score (nSPS) is 15.6. The molecular weight excluding hydrogens is 399 g/mol. The quantitative estimate of drug-likeness (QED) is 0.487. The van der Waals surface area contributed by atoms with Gasteiger partial charge in [0, 0.05) is 19.9 Å². The molecule has 1 saturated heterocycles. The number of hydrogen-bond donors (Lipinski definition) is 2. The molecule has 1 unspecified atom stereocenters. The summed E-state index contributed by atoms with van der Waals surface area (Å²) in [6, 6.07) is 4.30. The minimum atomic E-state index is -0.635. The fraction of sp³-hybridized carbons (Fsp3) is 0.333. The van der Waals surface area contributed by atoms with Gasteiger partial charge in [-0.15, -0.1) is 0 Å². The molecule has 30 heavy (non-hydrogen) atoms. The molecule has 0 bridgehead atoms. The number of benzene rings is 1. The molecule has 2 N–H and O–H groups in total. The van der Waals surface area contributed by atoms with E-state index in [9.17, 15) is 24.1 Å².